The van der Waals surface area contributed by atoms with Crippen molar-refractivity contribution in [2.45, 2.75) is 0 Å². The minimum absolute atomic E-state index is 0.000835. The summed E-state index contributed by atoms with van der Waals surface area (Å²) in [4.78, 5) is 31.6. The second kappa shape index (κ2) is 7.71. The first-order valence-electron chi connectivity index (χ1n) is 5.29. The lowest BCUT2D eigenvalue weighted by atomic mass is 10.1. The molecule has 0 fully saturated rings. The zero-order valence-corrected chi connectivity index (χ0v) is 10.00. The van der Waals surface area contributed by atoms with E-state index >= 15 is 0 Å². The Balaban J connectivity index is 2.50. The summed E-state index contributed by atoms with van der Waals surface area (Å²) in [6, 6.07) is 5.79. The molecule has 0 saturated heterocycles. The molecule has 19 heavy (non-hydrogen) atoms. The number of carboxylic acid groups (broad SMARTS) is 1. The van der Waals surface area contributed by atoms with Crippen LogP contribution in [0.25, 0.3) is 0 Å². The van der Waals surface area contributed by atoms with Crippen LogP contribution in [-0.2, 0) is 14.5 Å². The summed E-state index contributed by atoms with van der Waals surface area (Å²) in [5.41, 5.74) is 2.19. The van der Waals surface area contributed by atoms with Gasteiger partial charge in [-0.2, -0.15) is 4.89 Å². The summed E-state index contributed by atoms with van der Waals surface area (Å²) < 4.78 is 4.84. The van der Waals surface area contributed by atoms with Gasteiger partial charge in [-0.15, -0.1) is 0 Å². The lowest BCUT2D eigenvalue weighted by Gasteiger charge is -2.06. The van der Waals surface area contributed by atoms with Gasteiger partial charge in [-0.25, -0.2) is 9.59 Å². The molecule has 1 aromatic rings. The molecule has 1 rings (SSSR count). The predicted molar refractivity (Wildman–Crippen MR) is 64.4 cm³/mol. The average molecular weight is 264 g/mol. The fourth-order valence-electron chi connectivity index (χ4n) is 1.21. The second-order valence-electron chi connectivity index (χ2n) is 3.23. The molecule has 1 aromatic carbocycles. The van der Waals surface area contributed by atoms with Gasteiger partial charge < -0.3 is 14.7 Å². The molecule has 0 amide bonds. The van der Waals surface area contributed by atoms with Gasteiger partial charge in [0.15, 0.2) is 6.26 Å². The zero-order valence-electron chi connectivity index (χ0n) is 10.00. The SMILES string of the molecule is C=C=COOCCOC(=O)c1ccccc1C(=O)O. The van der Waals surface area contributed by atoms with Gasteiger partial charge in [0.2, 0.25) is 0 Å². The van der Waals surface area contributed by atoms with Crippen LogP contribution in [0.1, 0.15) is 20.7 Å². The van der Waals surface area contributed by atoms with Crippen molar-refractivity contribution < 1.29 is 29.2 Å². The van der Waals surface area contributed by atoms with Crippen molar-refractivity contribution in [3.63, 3.8) is 0 Å². The second-order valence-corrected chi connectivity index (χ2v) is 3.23. The third-order valence-corrected chi connectivity index (χ3v) is 1.98. The predicted octanol–water partition coefficient (Wildman–Crippen LogP) is 1.79. The Kier molecular flexibility index (Phi) is 5.88. The van der Waals surface area contributed by atoms with Crippen LogP contribution >= 0.6 is 0 Å². The van der Waals surface area contributed by atoms with E-state index in [0.29, 0.717) is 0 Å². The number of esters is 1. The maximum absolute atomic E-state index is 11.6. The highest BCUT2D eigenvalue weighted by molar-refractivity contribution is 6.02. The van der Waals surface area contributed by atoms with E-state index in [2.05, 4.69) is 22.1 Å². The standard InChI is InChI=1S/C13H12O6/c1-2-7-18-19-9-8-17-13(16)11-6-4-3-5-10(11)12(14)15/h3-7H,1,8-9H2,(H,14,15). The molecule has 0 bridgehead atoms. The van der Waals surface area contributed by atoms with Crippen LogP contribution in [-0.4, -0.2) is 30.3 Å². The minimum atomic E-state index is -1.19. The highest BCUT2D eigenvalue weighted by Gasteiger charge is 2.16. The lowest BCUT2D eigenvalue weighted by Crippen LogP contribution is -2.14. The van der Waals surface area contributed by atoms with E-state index in [9.17, 15) is 9.59 Å². The summed E-state index contributed by atoms with van der Waals surface area (Å²) in [5.74, 6) is -1.93. The van der Waals surface area contributed by atoms with Crippen molar-refractivity contribution in [3.8, 4) is 0 Å². The number of ether oxygens (including phenoxy) is 1. The number of carboxylic acids is 1. The molecule has 0 aliphatic rings. The normalized spacial score (nSPS) is 9.26. The highest BCUT2D eigenvalue weighted by Crippen LogP contribution is 2.10. The van der Waals surface area contributed by atoms with E-state index in [4.69, 9.17) is 9.84 Å². The molecule has 6 nitrogen and oxygen atoms in total. The average Bonchev–Trinajstić information content (AvgIpc) is 2.42. The summed E-state index contributed by atoms with van der Waals surface area (Å²) in [5, 5.41) is 8.91. The molecule has 0 aromatic heterocycles. The molecule has 0 aliphatic heterocycles. The molecular formula is C13H12O6. The molecule has 0 spiro atoms. The van der Waals surface area contributed by atoms with Crippen LogP contribution in [0.2, 0.25) is 0 Å². The maximum Gasteiger partial charge on any atom is 0.339 e. The van der Waals surface area contributed by atoms with Gasteiger partial charge in [0.1, 0.15) is 13.2 Å². The van der Waals surface area contributed by atoms with Crippen molar-refractivity contribution in [2.75, 3.05) is 13.2 Å². The summed E-state index contributed by atoms with van der Waals surface area (Å²) in [6.45, 7) is 3.17. The molecule has 0 saturated carbocycles. The highest BCUT2D eigenvalue weighted by atomic mass is 17.2. The van der Waals surface area contributed by atoms with E-state index in [1.54, 1.807) is 6.07 Å². The lowest BCUT2D eigenvalue weighted by molar-refractivity contribution is -0.252. The zero-order chi connectivity index (χ0) is 14.1. The van der Waals surface area contributed by atoms with Crippen molar-refractivity contribution in [1.29, 1.82) is 0 Å². The molecule has 0 heterocycles. The monoisotopic (exact) mass is 264 g/mol. The molecule has 0 radical (unpaired) electrons. The van der Waals surface area contributed by atoms with Gasteiger partial charge in [0.25, 0.3) is 0 Å². The van der Waals surface area contributed by atoms with E-state index in [1.165, 1.54) is 18.2 Å². The van der Waals surface area contributed by atoms with Crippen molar-refractivity contribution in [2.24, 2.45) is 0 Å². The van der Waals surface area contributed by atoms with Gasteiger partial charge >= 0.3 is 11.9 Å². The Morgan fingerprint density at radius 3 is 2.58 bits per heavy atom. The van der Waals surface area contributed by atoms with E-state index < -0.39 is 11.9 Å². The van der Waals surface area contributed by atoms with Gasteiger partial charge in [0, 0.05) is 0 Å². The minimum Gasteiger partial charge on any atom is -0.478 e. The van der Waals surface area contributed by atoms with E-state index in [1.807, 2.05) is 0 Å². The summed E-state index contributed by atoms with van der Waals surface area (Å²) >= 11 is 0. The fraction of sp³-hybridized carbons (Fsp3) is 0.154. The van der Waals surface area contributed by atoms with Gasteiger partial charge in [-0.3, -0.25) is 0 Å². The Morgan fingerprint density at radius 1 is 1.26 bits per heavy atom. The van der Waals surface area contributed by atoms with Crippen LogP contribution < -0.4 is 0 Å². The third-order valence-electron chi connectivity index (χ3n) is 1.98. The van der Waals surface area contributed by atoms with Crippen LogP contribution in [0.4, 0.5) is 0 Å². The maximum atomic E-state index is 11.6. The molecule has 100 valence electrons. The van der Waals surface area contributed by atoms with Crippen LogP contribution in [0.5, 0.6) is 0 Å². The van der Waals surface area contributed by atoms with Crippen LogP contribution in [0.15, 0.2) is 42.8 Å². The number of aromatic carboxylic acids is 1. The number of carbonyl (C=O) groups excluding carboxylic acids is 1. The fourth-order valence-corrected chi connectivity index (χ4v) is 1.21. The number of benzene rings is 1. The third kappa shape index (κ3) is 4.67. The number of carbonyl (C=O) groups is 2. The van der Waals surface area contributed by atoms with Crippen molar-refractivity contribution in [3.05, 3.63) is 54.0 Å². The quantitative estimate of drug-likeness (QED) is 0.202. The molecule has 0 unspecified atom stereocenters. The Morgan fingerprint density at radius 2 is 1.95 bits per heavy atom. The molecule has 0 aliphatic carbocycles. The number of hydrogen-bond donors (Lipinski definition) is 1. The van der Waals surface area contributed by atoms with E-state index in [0.717, 1.165) is 6.26 Å². The van der Waals surface area contributed by atoms with Gasteiger partial charge in [0.05, 0.1) is 11.1 Å². The van der Waals surface area contributed by atoms with Gasteiger partial charge in [-0.1, -0.05) is 24.4 Å². The number of rotatable bonds is 7. The Bertz CT molecular complexity index is 502. The molecule has 0 atom stereocenters. The summed E-state index contributed by atoms with van der Waals surface area (Å²) in [7, 11) is 0. The molecular weight excluding hydrogens is 252 g/mol. The van der Waals surface area contributed by atoms with Crippen LogP contribution in [0.3, 0.4) is 0 Å². The largest absolute Gasteiger partial charge is 0.478 e. The molecule has 6 heteroatoms. The van der Waals surface area contributed by atoms with Crippen LogP contribution in [0, 0.1) is 0 Å². The van der Waals surface area contributed by atoms with E-state index in [-0.39, 0.29) is 24.3 Å². The summed E-state index contributed by atoms with van der Waals surface area (Å²) in [6.07, 6.45) is 1.10. The first-order chi connectivity index (χ1) is 9.16. The van der Waals surface area contributed by atoms with Crippen molar-refractivity contribution >= 4 is 11.9 Å². The topological polar surface area (TPSA) is 82.1 Å². The Labute approximate surface area is 109 Å². The Hall–Kier alpha value is -2.56. The number of hydrogen-bond acceptors (Lipinski definition) is 5. The smallest absolute Gasteiger partial charge is 0.339 e. The van der Waals surface area contributed by atoms with Gasteiger partial charge in [-0.05, 0) is 12.1 Å². The van der Waals surface area contributed by atoms with Crippen molar-refractivity contribution in [1.82, 2.24) is 0 Å². The first kappa shape index (κ1) is 14.5. The first-order valence-corrected chi connectivity index (χ1v) is 5.29. The molecule has 1 N–H and O–H groups in total.